The molecular formula is C22H21NO4. The molecule has 5 heteroatoms. The first-order valence-corrected chi connectivity index (χ1v) is 8.77. The molecule has 1 aliphatic carbocycles. The molecule has 3 rings (SSSR count). The van der Waals surface area contributed by atoms with E-state index in [2.05, 4.69) is 6.08 Å². The number of primary amides is 1. The van der Waals surface area contributed by atoms with Crippen molar-refractivity contribution in [3.63, 3.8) is 0 Å². The van der Waals surface area contributed by atoms with E-state index in [1.807, 2.05) is 49.4 Å². The van der Waals surface area contributed by atoms with Crippen molar-refractivity contribution in [3.8, 4) is 5.75 Å². The van der Waals surface area contributed by atoms with E-state index in [0.717, 1.165) is 33.4 Å². The number of carbonyl (C=O) groups is 2. The highest BCUT2D eigenvalue weighted by atomic mass is 16.5. The number of hydrogen-bond acceptors (Lipinski definition) is 3. The lowest BCUT2D eigenvalue weighted by molar-refractivity contribution is -0.139. The Kier molecular flexibility index (Phi) is 5.41. The third-order valence-corrected chi connectivity index (χ3v) is 4.47. The second-order valence-corrected chi connectivity index (χ2v) is 6.28. The first-order chi connectivity index (χ1) is 13.0. The van der Waals surface area contributed by atoms with Gasteiger partial charge in [-0.3, -0.25) is 4.79 Å². The zero-order chi connectivity index (χ0) is 19.4. The van der Waals surface area contributed by atoms with E-state index < -0.39 is 18.5 Å². The highest BCUT2D eigenvalue weighted by Gasteiger charge is 2.29. The summed E-state index contributed by atoms with van der Waals surface area (Å²) in [5.74, 6) is -1.04. The Balaban J connectivity index is 2.19. The molecule has 0 saturated heterocycles. The normalized spacial score (nSPS) is 14.3. The molecule has 0 aromatic heterocycles. The summed E-state index contributed by atoms with van der Waals surface area (Å²) in [4.78, 5) is 22.6. The van der Waals surface area contributed by atoms with Crippen molar-refractivity contribution in [2.45, 2.75) is 19.8 Å². The lowest BCUT2D eigenvalue weighted by atomic mass is 9.98. The van der Waals surface area contributed by atoms with Crippen LogP contribution >= 0.6 is 0 Å². The van der Waals surface area contributed by atoms with Gasteiger partial charge in [-0.15, -0.1) is 0 Å². The summed E-state index contributed by atoms with van der Waals surface area (Å²) in [6, 6.07) is 15.4. The smallest absolute Gasteiger partial charge is 0.341 e. The fourth-order valence-corrected chi connectivity index (χ4v) is 3.46. The van der Waals surface area contributed by atoms with Crippen molar-refractivity contribution in [2.24, 2.45) is 5.73 Å². The molecule has 1 amide bonds. The van der Waals surface area contributed by atoms with Crippen molar-refractivity contribution < 1.29 is 19.4 Å². The fraction of sp³-hybridized carbons (Fsp3) is 0.182. The van der Waals surface area contributed by atoms with Crippen LogP contribution in [0.3, 0.4) is 0 Å². The number of allylic oxidation sites excluding steroid dienone is 2. The Morgan fingerprint density at radius 2 is 1.81 bits per heavy atom. The van der Waals surface area contributed by atoms with E-state index in [-0.39, 0.29) is 6.42 Å². The predicted octanol–water partition coefficient (Wildman–Crippen LogP) is 3.74. The van der Waals surface area contributed by atoms with Crippen molar-refractivity contribution >= 4 is 29.1 Å². The van der Waals surface area contributed by atoms with Crippen LogP contribution in [-0.2, 0) is 9.59 Å². The molecular weight excluding hydrogens is 342 g/mol. The average Bonchev–Trinajstić information content (AvgIpc) is 2.93. The number of nitrogens with two attached hydrogens (primary N) is 1. The summed E-state index contributed by atoms with van der Waals surface area (Å²) < 4.78 is 5.50. The summed E-state index contributed by atoms with van der Waals surface area (Å²) in [6.07, 6.45) is 2.87. The third-order valence-electron chi connectivity index (χ3n) is 4.47. The monoisotopic (exact) mass is 363 g/mol. The minimum Gasteiger partial charge on any atom is -0.481 e. The molecule has 2 aromatic carbocycles. The quantitative estimate of drug-likeness (QED) is 0.784. The maximum Gasteiger partial charge on any atom is 0.341 e. The Bertz CT molecular complexity index is 942. The minimum atomic E-state index is -1.05. The molecule has 5 nitrogen and oxygen atoms in total. The second kappa shape index (κ2) is 7.91. The first kappa shape index (κ1) is 18.5. The average molecular weight is 363 g/mol. The Morgan fingerprint density at radius 3 is 2.44 bits per heavy atom. The SMILES string of the molecule is CCC1=C(CC(N)=O)c2c(OCC(=O)O)cccc2C1=Cc1ccccc1. The summed E-state index contributed by atoms with van der Waals surface area (Å²) in [5.41, 5.74) is 11.1. The van der Waals surface area contributed by atoms with E-state index in [0.29, 0.717) is 12.2 Å². The van der Waals surface area contributed by atoms with Crippen molar-refractivity contribution in [2.75, 3.05) is 6.61 Å². The molecule has 0 unspecified atom stereocenters. The first-order valence-electron chi connectivity index (χ1n) is 8.77. The van der Waals surface area contributed by atoms with Gasteiger partial charge in [-0.2, -0.15) is 0 Å². The summed E-state index contributed by atoms with van der Waals surface area (Å²) >= 11 is 0. The van der Waals surface area contributed by atoms with Gasteiger partial charge in [0, 0.05) is 5.56 Å². The van der Waals surface area contributed by atoms with Gasteiger partial charge in [-0.1, -0.05) is 49.4 Å². The number of rotatable bonds is 7. The molecule has 0 aliphatic heterocycles. The van der Waals surface area contributed by atoms with Crippen LogP contribution in [0.2, 0.25) is 0 Å². The van der Waals surface area contributed by atoms with E-state index >= 15 is 0 Å². The van der Waals surface area contributed by atoms with Crippen LogP contribution in [-0.4, -0.2) is 23.6 Å². The molecule has 0 bridgehead atoms. The molecule has 1 aliphatic rings. The van der Waals surface area contributed by atoms with Crippen molar-refractivity contribution in [3.05, 3.63) is 70.8 Å². The standard InChI is InChI=1S/C22H21NO4/c1-2-15-17(11-14-7-4-3-5-8-14)16-9-6-10-19(27-13-21(25)26)22(16)18(15)12-20(23)24/h3-11H,2,12-13H2,1H3,(H2,23,24)(H,25,26). The van der Waals surface area contributed by atoms with Gasteiger partial charge in [0.15, 0.2) is 6.61 Å². The lowest BCUT2D eigenvalue weighted by Crippen LogP contribution is -2.13. The summed E-state index contributed by atoms with van der Waals surface area (Å²) in [6.45, 7) is 1.58. The lowest BCUT2D eigenvalue weighted by Gasteiger charge is -2.12. The topological polar surface area (TPSA) is 89.6 Å². The second-order valence-electron chi connectivity index (χ2n) is 6.28. The van der Waals surface area contributed by atoms with Crippen LogP contribution in [0.1, 0.15) is 36.5 Å². The molecule has 0 spiro atoms. The highest BCUT2D eigenvalue weighted by molar-refractivity contribution is 6.09. The van der Waals surface area contributed by atoms with Crippen LogP contribution in [0.4, 0.5) is 0 Å². The van der Waals surface area contributed by atoms with E-state index in [4.69, 9.17) is 15.6 Å². The van der Waals surface area contributed by atoms with Gasteiger partial charge in [0.05, 0.1) is 6.42 Å². The van der Waals surface area contributed by atoms with Crippen LogP contribution in [0, 0.1) is 0 Å². The predicted molar refractivity (Wildman–Crippen MR) is 105 cm³/mol. The zero-order valence-corrected chi connectivity index (χ0v) is 15.1. The van der Waals surface area contributed by atoms with Crippen molar-refractivity contribution in [1.82, 2.24) is 0 Å². The van der Waals surface area contributed by atoms with Crippen molar-refractivity contribution in [1.29, 1.82) is 0 Å². The number of carboxylic acid groups (broad SMARTS) is 1. The molecule has 2 aromatic rings. The van der Waals surface area contributed by atoms with Crippen LogP contribution in [0.15, 0.2) is 54.1 Å². The third kappa shape index (κ3) is 3.92. The van der Waals surface area contributed by atoms with Gasteiger partial charge < -0.3 is 15.6 Å². The number of aliphatic carboxylic acids is 1. The maximum atomic E-state index is 11.7. The molecule has 0 fully saturated rings. The molecule has 0 saturated carbocycles. The van der Waals surface area contributed by atoms with Gasteiger partial charge in [-0.05, 0) is 46.4 Å². The van der Waals surface area contributed by atoms with Crippen LogP contribution in [0.25, 0.3) is 17.2 Å². The van der Waals surface area contributed by atoms with E-state index in [1.165, 1.54) is 0 Å². The molecule has 138 valence electrons. The van der Waals surface area contributed by atoms with Gasteiger partial charge in [0.25, 0.3) is 0 Å². The number of carbonyl (C=O) groups excluding carboxylic acids is 1. The van der Waals surface area contributed by atoms with Crippen LogP contribution < -0.4 is 10.5 Å². The number of benzene rings is 2. The molecule has 0 atom stereocenters. The van der Waals surface area contributed by atoms with Crippen LogP contribution in [0.5, 0.6) is 5.75 Å². The van der Waals surface area contributed by atoms with Gasteiger partial charge >= 0.3 is 5.97 Å². The Labute approximate surface area is 157 Å². The minimum absolute atomic E-state index is 0.0791. The molecule has 3 N–H and O–H groups in total. The fourth-order valence-electron chi connectivity index (χ4n) is 3.46. The number of amides is 1. The summed E-state index contributed by atoms with van der Waals surface area (Å²) in [7, 11) is 0. The van der Waals surface area contributed by atoms with Gasteiger partial charge in [-0.25, -0.2) is 4.79 Å². The van der Waals surface area contributed by atoms with E-state index in [9.17, 15) is 9.59 Å². The largest absolute Gasteiger partial charge is 0.481 e. The molecule has 0 heterocycles. The van der Waals surface area contributed by atoms with Gasteiger partial charge in [0.2, 0.25) is 5.91 Å². The zero-order valence-electron chi connectivity index (χ0n) is 15.1. The van der Waals surface area contributed by atoms with E-state index in [1.54, 1.807) is 6.07 Å². The maximum absolute atomic E-state index is 11.7. The Morgan fingerprint density at radius 1 is 1.07 bits per heavy atom. The summed E-state index contributed by atoms with van der Waals surface area (Å²) in [5, 5.41) is 8.96. The number of carboxylic acids is 1. The molecule has 27 heavy (non-hydrogen) atoms. The highest BCUT2D eigenvalue weighted by Crippen LogP contribution is 2.48. The number of hydrogen-bond donors (Lipinski definition) is 2. The van der Waals surface area contributed by atoms with Gasteiger partial charge in [0.1, 0.15) is 5.75 Å². The Hall–Kier alpha value is -3.34. The number of ether oxygens (including phenoxy) is 1. The molecule has 0 radical (unpaired) electrons. The number of fused-ring (bicyclic) bond motifs is 1.